The summed E-state index contributed by atoms with van der Waals surface area (Å²) in [7, 11) is 0. The van der Waals surface area contributed by atoms with Crippen LogP contribution in [0.4, 0.5) is 4.79 Å². The molecule has 0 spiro atoms. The molecule has 0 bridgehead atoms. The lowest BCUT2D eigenvalue weighted by atomic mass is 9.88. The number of rotatable bonds is 2. The van der Waals surface area contributed by atoms with Gasteiger partial charge in [-0.05, 0) is 63.3 Å². The van der Waals surface area contributed by atoms with Crippen molar-refractivity contribution in [1.29, 1.82) is 0 Å². The van der Waals surface area contributed by atoms with Crippen molar-refractivity contribution in [1.82, 2.24) is 4.90 Å². The van der Waals surface area contributed by atoms with Gasteiger partial charge >= 0.3 is 6.09 Å². The first-order valence-electron chi connectivity index (χ1n) is 9.07. The molecule has 0 radical (unpaired) electrons. The second-order valence-electron chi connectivity index (χ2n) is 7.94. The van der Waals surface area contributed by atoms with E-state index in [0.29, 0.717) is 6.54 Å². The van der Waals surface area contributed by atoms with E-state index in [0.717, 1.165) is 17.3 Å². The summed E-state index contributed by atoms with van der Waals surface area (Å²) in [5.41, 5.74) is 4.47. The lowest BCUT2D eigenvalue weighted by molar-refractivity contribution is 0.0141. The van der Waals surface area contributed by atoms with Crippen LogP contribution in [0.3, 0.4) is 0 Å². The van der Waals surface area contributed by atoms with Gasteiger partial charge in [0.15, 0.2) is 0 Å². The summed E-state index contributed by atoms with van der Waals surface area (Å²) in [5, 5.41) is 0. The van der Waals surface area contributed by atoms with Gasteiger partial charge in [-0.15, -0.1) is 0 Å². The van der Waals surface area contributed by atoms with Gasteiger partial charge in [0.25, 0.3) is 0 Å². The van der Waals surface area contributed by atoms with Gasteiger partial charge in [-0.2, -0.15) is 0 Å². The summed E-state index contributed by atoms with van der Waals surface area (Å²) in [5.74, 6) is 0. The van der Waals surface area contributed by atoms with E-state index < -0.39 is 5.60 Å². The molecule has 1 amide bonds. The van der Waals surface area contributed by atoms with Gasteiger partial charge in [0, 0.05) is 11.0 Å². The Hall–Kier alpha value is -1.81. The monoisotopic (exact) mass is 415 g/mol. The molecule has 4 heteroatoms. The van der Waals surface area contributed by atoms with Crippen molar-refractivity contribution in [3.8, 4) is 0 Å². The standard InChI is InChI=1S/C22H26BrNO2/c1-15-9-10-16-11-12-24(21(25)26-22(2,3)4)20(18(16)13-15)14-17-7-5-6-8-19(17)23/h5-10,13,20H,11-12,14H2,1-4H3. The zero-order chi connectivity index (χ0) is 18.9. The van der Waals surface area contributed by atoms with Crippen LogP contribution in [0.15, 0.2) is 46.9 Å². The SMILES string of the molecule is Cc1ccc2c(c1)C(Cc1ccccc1Br)N(C(=O)OC(C)(C)C)CC2. The molecule has 0 fully saturated rings. The first-order valence-corrected chi connectivity index (χ1v) is 9.86. The summed E-state index contributed by atoms with van der Waals surface area (Å²) in [4.78, 5) is 14.8. The maximum absolute atomic E-state index is 12.9. The lowest BCUT2D eigenvalue weighted by Gasteiger charge is -2.38. The second kappa shape index (κ2) is 7.43. The Balaban J connectivity index is 1.98. The van der Waals surface area contributed by atoms with Crippen LogP contribution >= 0.6 is 15.9 Å². The number of nitrogens with zero attached hydrogens (tertiary/aromatic N) is 1. The number of fused-ring (bicyclic) bond motifs is 1. The summed E-state index contributed by atoms with van der Waals surface area (Å²) in [6.07, 6.45) is 1.39. The number of carbonyl (C=O) groups is 1. The Morgan fingerprint density at radius 3 is 2.65 bits per heavy atom. The van der Waals surface area contributed by atoms with E-state index in [1.807, 2.05) is 43.9 Å². The highest BCUT2D eigenvalue weighted by atomic mass is 79.9. The van der Waals surface area contributed by atoms with E-state index in [9.17, 15) is 4.79 Å². The van der Waals surface area contributed by atoms with Crippen LogP contribution in [0.2, 0.25) is 0 Å². The Bertz CT molecular complexity index is 810. The van der Waals surface area contributed by atoms with Crippen molar-refractivity contribution in [2.24, 2.45) is 0 Å². The van der Waals surface area contributed by atoms with Crippen molar-refractivity contribution < 1.29 is 9.53 Å². The number of ether oxygens (including phenoxy) is 1. The van der Waals surface area contributed by atoms with Crippen LogP contribution in [0.25, 0.3) is 0 Å². The molecule has 0 aliphatic carbocycles. The zero-order valence-corrected chi connectivity index (χ0v) is 17.5. The third kappa shape index (κ3) is 4.29. The molecule has 1 aliphatic rings. The molecule has 0 aromatic heterocycles. The highest BCUT2D eigenvalue weighted by Gasteiger charge is 2.34. The number of halogens is 1. The molecule has 138 valence electrons. The van der Waals surface area contributed by atoms with Gasteiger partial charge < -0.3 is 9.64 Å². The summed E-state index contributed by atoms with van der Waals surface area (Å²) in [6, 6.07) is 14.8. The third-order valence-electron chi connectivity index (χ3n) is 4.66. The van der Waals surface area contributed by atoms with E-state index >= 15 is 0 Å². The molecule has 3 nitrogen and oxygen atoms in total. The topological polar surface area (TPSA) is 29.5 Å². The molecule has 1 unspecified atom stereocenters. The number of amides is 1. The van der Waals surface area contributed by atoms with Gasteiger partial charge in [-0.25, -0.2) is 4.79 Å². The minimum absolute atomic E-state index is 0.0211. The quantitative estimate of drug-likeness (QED) is 0.616. The van der Waals surface area contributed by atoms with Crippen LogP contribution in [-0.2, 0) is 17.6 Å². The fraction of sp³-hybridized carbons (Fsp3) is 0.409. The average Bonchev–Trinajstić information content (AvgIpc) is 2.55. The zero-order valence-electron chi connectivity index (χ0n) is 15.9. The highest BCUT2D eigenvalue weighted by Crippen LogP contribution is 2.35. The number of hydrogen-bond donors (Lipinski definition) is 0. The number of aryl methyl sites for hydroxylation is 1. The Labute approximate surface area is 164 Å². The first-order chi connectivity index (χ1) is 12.2. The Morgan fingerprint density at radius 2 is 1.96 bits per heavy atom. The van der Waals surface area contributed by atoms with Crippen LogP contribution < -0.4 is 0 Å². The van der Waals surface area contributed by atoms with E-state index in [4.69, 9.17) is 4.74 Å². The second-order valence-corrected chi connectivity index (χ2v) is 8.79. The van der Waals surface area contributed by atoms with E-state index in [-0.39, 0.29) is 12.1 Å². The molecule has 1 aliphatic heterocycles. The molecule has 26 heavy (non-hydrogen) atoms. The number of carbonyl (C=O) groups excluding carboxylic acids is 1. The van der Waals surface area contributed by atoms with Gasteiger partial charge in [-0.3, -0.25) is 0 Å². The fourth-order valence-corrected chi connectivity index (χ4v) is 3.89. The summed E-state index contributed by atoms with van der Waals surface area (Å²) < 4.78 is 6.77. The van der Waals surface area contributed by atoms with Crippen molar-refractivity contribution >= 4 is 22.0 Å². The number of benzene rings is 2. The normalized spacial score (nSPS) is 17.0. The third-order valence-corrected chi connectivity index (χ3v) is 5.43. The molecular weight excluding hydrogens is 390 g/mol. The van der Waals surface area contributed by atoms with Gasteiger partial charge in [0.2, 0.25) is 0 Å². The first kappa shape index (κ1) is 19.0. The van der Waals surface area contributed by atoms with Crippen LogP contribution in [-0.4, -0.2) is 23.1 Å². The molecule has 2 aromatic carbocycles. The van der Waals surface area contributed by atoms with Crippen LogP contribution in [0, 0.1) is 6.92 Å². The summed E-state index contributed by atoms with van der Waals surface area (Å²) in [6.45, 7) is 8.52. The molecular formula is C22H26BrNO2. The molecule has 1 atom stereocenters. The Morgan fingerprint density at radius 1 is 1.23 bits per heavy atom. The lowest BCUT2D eigenvalue weighted by Crippen LogP contribution is -2.43. The largest absolute Gasteiger partial charge is 0.444 e. The molecule has 3 rings (SSSR count). The minimum atomic E-state index is -0.498. The van der Waals surface area contributed by atoms with Crippen molar-refractivity contribution in [3.05, 3.63) is 69.2 Å². The van der Waals surface area contributed by atoms with Crippen molar-refractivity contribution in [3.63, 3.8) is 0 Å². The predicted octanol–water partition coefficient (Wildman–Crippen LogP) is 5.83. The molecule has 0 N–H and O–H groups in total. The van der Waals surface area contributed by atoms with E-state index in [1.165, 1.54) is 22.3 Å². The Kier molecular flexibility index (Phi) is 5.42. The average molecular weight is 416 g/mol. The van der Waals surface area contributed by atoms with Crippen molar-refractivity contribution in [2.45, 2.75) is 52.2 Å². The van der Waals surface area contributed by atoms with Crippen LogP contribution in [0.5, 0.6) is 0 Å². The fourth-order valence-electron chi connectivity index (χ4n) is 3.45. The van der Waals surface area contributed by atoms with Crippen molar-refractivity contribution in [2.75, 3.05) is 6.54 Å². The highest BCUT2D eigenvalue weighted by molar-refractivity contribution is 9.10. The predicted molar refractivity (Wildman–Crippen MR) is 108 cm³/mol. The summed E-state index contributed by atoms with van der Waals surface area (Å²) >= 11 is 3.65. The maximum Gasteiger partial charge on any atom is 0.410 e. The molecule has 0 saturated carbocycles. The van der Waals surface area contributed by atoms with Gasteiger partial charge in [0.05, 0.1) is 6.04 Å². The van der Waals surface area contributed by atoms with Gasteiger partial charge in [-0.1, -0.05) is 57.9 Å². The van der Waals surface area contributed by atoms with E-state index in [2.05, 4.69) is 47.1 Å². The number of hydrogen-bond acceptors (Lipinski definition) is 2. The molecule has 2 aromatic rings. The van der Waals surface area contributed by atoms with E-state index in [1.54, 1.807) is 0 Å². The minimum Gasteiger partial charge on any atom is -0.444 e. The molecule has 1 heterocycles. The smallest absolute Gasteiger partial charge is 0.410 e. The van der Waals surface area contributed by atoms with Crippen LogP contribution in [0.1, 0.15) is 49.1 Å². The molecule has 0 saturated heterocycles. The van der Waals surface area contributed by atoms with Gasteiger partial charge in [0.1, 0.15) is 5.60 Å². The maximum atomic E-state index is 12.9.